The molecule has 0 spiro atoms. The molecular weight excluding hydrogens is 232 g/mol. The van der Waals surface area contributed by atoms with Crippen LogP contribution in [0.1, 0.15) is 19.2 Å². The minimum absolute atomic E-state index is 0.100. The molecular formula is C12H14N4O2. The van der Waals surface area contributed by atoms with Crippen molar-refractivity contribution in [2.24, 2.45) is 0 Å². The number of nitrogens with zero attached hydrogens (tertiary/aromatic N) is 4. The molecule has 2 aromatic rings. The second-order valence-electron chi connectivity index (χ2n) is 3.88. The first kappa shape index (κ1) is 12.2. The molecule has 0 unspecified atom stereocenters. The molecule has 0 aliphatic heterocycles. The van der Waals surface area contributed by atoms with Crippen molar-refractivity contribution in [3.8, 4) is 0 Å². The lowest BCUT2D eigenvalue weighted by atomic mass is 10.4. The minimum atomic E-state index is -0.334. The molecule has 6 heteroatoms. The molecule has 2 aromatic heterocycles. The van der Waals surface area contributed by atoms with Gasteiger partial charge < -0.3 is 4.57 Å². The highest BCUT2D eigenvalue weighted by Crippen LogP contribution is 1.90. The summed E-state index contributed by atoms with van der Waals surface area (Å²) in [5, 5.41) is 0. The van der Waals surface area contributed by atoms with Crippen LogP contribution in [0.3, 0.4) is 0 Å². The van der Waals surface area contributed by atoms with E-state index in [1.807, 2.05) is 6.92 Å². The van der Waals surface area contributed by atoms with Gasteiger partial charge in [-0.2, -0.15) is 0 Å². The molecule has 0 N–H and O–H groups in total. The first-order valence-electron chi connectivity index (χ1n) is 5.78. The third kappa shape index (κ3) is 2.53. The maximum atomic E-state index is 12.1. The van der Waals surface area contributed by atoms with Crippen LogP contribution in [0.25, 0.3) is 0 Å². The van der Waals surface area contributed by atoms with E-state index >= 15 is 0 Å². The average molecular weight is 246 g/mol. The third-order valence-corrected chi connectivity index (χ3v) is 2.52. The van der Waals surface area contributed by atoms with Gasteiger partial charge in [0.05, 0.1) is 6.54 Å². The van der Waals surface area contributed by atoms with Gasteiger partial charge in [0, 0.05) is 31.2 Å². The van der Waals surface area contributed by atoms with Crippen LogP contribution in [0.4, 0.5) is 0 Å². The number of rotatable bonds is 4. The fourth-order valence-electron chi connectivity index (χ4n) is 1.67. The molecule has 94 valence electrons. The Morgan fingerprint density at radius 3 is 2.61 bits per heavy atom. The summed E-state index contributed by atoms with van der Waals surface area (Å²) in [6.07, 6.45) is 5.53. The van der Waals surface area contributed by atoms with E-state index in [0.717, 1.165) is 11.0 Å². The Hall–Kier alpha value is -2.24. The lowest BCUT2D eigenvalue weighted by molar-refractivity contribution is 0.562. The summed E-state index contributed by atoms with van der Waals surface area (Å²) in [5.74, 6) is 0.450. The van der Waals surface area contributed by atoms with E-state index in [4.69, 9.17) is 0 Å². The fourth-order valence-corrected chi connectivity index (χ4v) is 1.67. The van der Waals surface area contributed by atoms with Crippen molar-refractivity contribution in [1.29, 1.82) is 0 Å². The Balaban J connectivity index is 2.41. The molecule has 0 aliphatic carbocycles. The summed E-state index contributed by atoms with van der Waals surface area (Å²) < 4.78 is 2.66. The van der Waals surface area contributed by atoms with Gasteiger partial charge in [0.15, 0.2) is 0 Å². The Morgan fingerprint density at radius 1 is 1.22 bits per heavy atom. The second-order valence-corrected chi connectivity index (χ2v) is 3.88. The van der Waals surface area contributed by atoms with Crippen molar-refractivity contribution in [3.05, 3.63) is 57.4 Å². The Morgan fingerprint density at radius 2 is 1.94 bits per heavy atom. The van der Waals surface area contributed by atoms with Crippen LogP contribution < -0.4 is 11.2 Å². The van der Waals surface area contributed by atoms with Gasteiger partial charge in [-0.1, -0.05) is 6.92 Å². The molecule has 0 saturated carbocycles. The van der Waals surface area contributed by atoms with Crippen molar-refractivity contribution >= 4 is 0 Å². The largest absolute Gasteiger partial charge is 0.331 e. The summed E-state index contributed by atoms with van der Waals surface area (Å²) in [4.78, 5) is 31.8. The van der Waals surface area contributed by atoms with E-state index in [2.05, 4.69) is 9.97 Å². The van der Waals surface area contributed by atoms with Crippen LogP contribution in [0, 0.1) is 0 Å². The lowest BCUT2D eigenvalue weighted by Gasteiger charge is -2.07. The van der Waals surface area contributed by atoms with Gasteiger partial charge in [-0.15, -0.1) is 0 Å². The molecule has 6 nitrogen and oxygen atoms in total. The topological polar surface area (TPSA) is 69.8 Å². The average Bonchev–Trinajstić information content (AvgIpc) is 2.39. The summed E-state index contributed by atoms with van der Waals surface area (Å²) in [7, 11) is 0. The van der Waals surface area contributed by atoms with Crippen LogP contribution in [0.2, 0.25) is 0 Å². The quantitative estimate of drug-likeness (QED) is 0.775. The van der Waals surface area contributed by atoms with Gasteiger partial charge in [0.25, 0.3) is 5.56 Å². The zero-order valence-electron chi connectivity index (χ0n) is 10.1. The van der Waals surface area contributed by atoms with Gasteiger partial charge in [-0.25, -0.2) is 14.8 Å². The van der Waals surface area contributed by atoms with Crippen LogP contribution in [-0.2, 0) is 13.1 Å². The van der Waals surface area contributed by atoms with Gasteiger partial charge in [-0.3, -0.25) is 9.36 Å². The summed E-state index contributed by atoms with van der Waals surface area (Å²) >= 11 is 0. The smallest absolute Gasteiger partial charge is 0.300 e. The zero-order chi connectivity index (χ0) is 13.0. The van der Waals surface area contributed by atoms with E-state index in [9.17, 15) is 9.59 Å². The first-order chi connectivity index (χ1) is 8.72. The summed E-state index contributed by atoms with van der Waals surface area (Å²) in [5.41, 5.74) is -0.656. The normalized spacial score (nSPS) is 10.5. The maximum absolute atomic E-state index is 12.1. The van der Waals surface area contributed by atoms with Crippen molar-refractivity contribution in [1.82, 2.24) is 19.1 Å². The molecule has 18 heavy (non-hydrogen) atoms. The van der Waals surface area contributed by atoms with Crippen molar-refractivity contribution in [2.75, 3.05) is 0 Å². The number of aromatic nitrogens is 4. The fraction of sp³-hybridized carbons (Fsp3) is 0.333. The van der Waals surface area contributed by atoms with Crippen molar-refractivity contribution in [2.45, 2.75) is 26.4 Å². The molecule has 0 saturated heterocycles. The van der Waals surface area contributed by atoms with Crippen molar-refractivity contribution in [3.63, 3.8) is 0 Å². The van der Waals surface area contributed by atoms with Gasteiger partial charge in [0.1, 0.15) is 5.82 Å². The molecule has 2 heterocycles. The predicted octanol–water partition coefficient (Wildman–Crippen LogP) is 0.258. The second kappa shape index (κ2) is 5.39. The standard InChI is InChI=1S/C12H14N4O2/c1-2-7-15-8-4-11(17)16(12(15)18)9-10-13-5-3-6-14-10/h3-6,8H,2,7,9H2,1H3. The minimum Gasteiger partial charge on any atom is -0.300 e. The van der Waals surface area contributed by atoms with Gasteiger partial charge in [0.2, 0.25) is 0 Å². The Labute approximate surface area is 104 Å². The maximum Gasteiger partial charge on any atom is 0.331 e. The highest BCUT2D eigenvalue weighted by Gasteiger charge is 2.06. The van der Waals surface area contributed by atoms with E-state index in [-0.39, 0.29) is 17.8 Å². The Bertz CT molecular complexity index is 631. The molecule has 0 atom stereocenters. The Kier molecular flexibility index (Phi) is 3.66. The van der Waals surface area contributed by atoms with E-state index < -0.39 is 0 Å². The number of hydrogen-bond donors (Lipinski definition) is 0. The monoisotopic (exact) mass is 246 g/mol. The van der Waals surface area contributed by atoms with E-state index in [0.29, 0.717) is 12.4 Å². The first-order valence-corrected chi connectivity index (χ1v) is 5.78. The van der Waals surface area contributed by atoms with E-state index in [1.54, 1.807) is 18.5 Å². The molecule has 0 radical (unpaired) electrons. The molecule has 0 aliphatic rings. The number of aryl methyl sites for hydroxylation is 1. The molecule has 0 fully saturated rings. The molecule has 0 bridgehead atoms. The zero-order valence-corrected chi connectivity index (χ0v) is 10.1. The molecule has 0 aromatic carbocycles. The molecule has 0 amide bonds. The van der Waals surface area contributed by atoms with Crippen LogP contribution >= 0.6 is 0 Å². The summed E-state index contributed by atoms with van der Waals surface area (Å²) in [6.45, 7) is 2.67. The predicted molar refractivity (Wildman–Crippen MR) is 66.4 cm³/mol. The van der Waals surface area contributed by atoms with E-state index in [1.165, 1.54) is 16.8 Å². The van der Waals surface area contributed by atoms with Gasteiger partial charge >= 0.3 is 5.69 Å². The van der Waals surface area contributed by atoms with Crippen molar-refractivity contribution < 1.29 is 0 Å². The van der Waals surface area contributed by atoms with Crippen LogP contribution in [0.15, 0.2) is 40.3 Å². The highest BCUT2D eigenvalue weighted by atomic mass is 16.2. The SMILES string of the molecule is CCCn1ccc(=O)n(Cc2ncccn2)c1=O. The molecule has 2 rings (SSSR count). The van der Waals surface area contributed by atoms with Crippen LogP contribution in [0.5, 0.6) is 0 Å². The van der Waals surface area contributed by atoms with Gasteiger partial charge in [-0.05, 0) is 12.5 Å². The number of hydrogen-bond acceptors (Lipinski definition) is 4. The summed E-state index contributed by atoms with van der Waals surface area (Å²) in [6, 6.07) is 3.08. The third-order valence-electron chi connectivity index (χ3n) is 2.52. The lowest BCUT2D eigenvalue weighted by Crippen LogP contribution is -2.39. The van der Waals surface area contributed by atoms with Crippen LogP contribution in [-0.4, -0.2) is 19.1 Å². The highest BCUT2D eigenvalue weighted by molar-refractivity contribution is 4.93.